The zero-order valence-corrected chi connectivity index (χ0v) is 18.4. The molecule has 5 rings (SSSR count). The molecule has 7 heteroatoms. The predicted molar refractivity (Wildman–Crippen MR) is 125 cm³/mol. The van der Waals surface area contributed by atoms with Crippen LogP contribution < -0.4 is 0 Å². The number of halogens is 1. The van der Waals surface area contributed by atoms with Crippen molar-refractivity contribution in [3.05, 3.63) is 94.9 Å². The number of hydrogen-bond donors (Lipinski definition) is 1. The van der Waals surface area contributed by atoms with Crippen LogP contribution in [0.4, 0.5) is 4.39 Å². The molecule has 2 heterocycles. The normalized spacial score (nSPS) is 12.8. The topological polar surface area (TPSA) is 79.7 Å². The van der Waals surface area contributed by atoms with Crippen LogP contribution >= 0.6 is 0 Å². The number of carbonyl (C=O) groups is 2. The summed E-state index contributed by atoms with van der Waals surface area (Å²) in [5, 5.41) is 11.7. The third kappa shape index (κ3) is 3.55. The largest absolute Gasteiger partial charge is 0.505 e. The van der Waals surface area contributed by atoms with Crippen LogP contribution in [0.2, 0.25) is 0 Å². The number of carbonyl (C=O) groups excluding carboxylic acids is 2. The minimum absolute atomic E-state index is 0.168. The summed E-state index contributed by atoms with van der Waals surface area (Å²) in [5.41, 5.74) is 3.46. The average Bonchev–Trinajstić information content (AvgIpc) is 3.17. The number of aromatic hydroxyl groups is 1. The van der Waals surface area contributed by atoms with Crippen molar-refractivity contribution in [2.24, 2.45) is 0 Å². The molecule has 4 aromatic rings. The molecule has 0 saturated carbocycles. The molecular weight excluding hydrogens is 435 g/mol. The number of benzene rings is 3. The van der Waals surface area contributed by atoms with Gasteiger partial charge >= 0.3 is 5.97 Å². The van der Waals surface area contributed by atoms with Crippen molar-refractivity contribution in [2.75, 3.05) is 6.61 Å². The highest BCUT2D eigenvalue weighted by molar-refractivity contribution is 6.13. The second-order valence-electron chi connectivity index (χ2n) is 8.03. The highest BCUT2D eigenvalue weighted by atomic mass is 19.1. The first-order chi connectivity index (χ1) is 16.5. The van der Waals surface area contributed by atoms with Gasteiger partial charge in [-0.1, -0.05) is 36.4 Å². The van der Waals surface area contributed by atoms with Gasteiger partial charge in [-0.2, -0.15) is 0 Å². The second kappa shape index (κ2) is 8.59. The molecule has 0 bridgehead atoms. The van der Waals surface area contributed by atoms with E-state index in [0.29, 0.717) is 27.6 Å². The number of aromatic nitrogens is 1. The molecule has 0 aliphatic carbocycles. The lowest BCUT2D eigenvalue weighted by molar-refractivity contribution is 0.0527. The van der Waals surface area contributed by atoms with E-state index in [4.69, 9.17) is 4.74 Å². The van der Waals surface area contributed by atoms with Crippen LogP contribution in [0, 0.1) is 5.82 Å². The van der Waals surface area contributed by atoms with Crippen molar-refractivity contribution in [3.8, 4) is 16.9 Å². The number of nitrogens with zero attached hydrogens (tertiary/aromatic N) is 2. The summed E-state index contributed by atoms with van der Waals surface area (Å²) in [6.07, 6.45) is 1.55. The summed E-state index contributed by atoms with van der Waals surface area (Å²) >= 11 is 0. The van der Waals surface area contributed by atoms with E-state index in [1.165, 1.54) is 12.1 Å². The molecule has 6 nitrogen and oxygen atoms in total. The second-order valence-corrected chi connectivity index (χ2v) is 8.03. The van der Waals surface area contributed by atoms with Gasteiger partial charge in [-0.05, 0) is 53.4 Å². The summed E-state index contributed by atoms with van der Waals surface area (Å²) in [7, 11) is 0. The molecule has 170 valence electrons. The fraction of sp³-hybridized carbons (Fsp3) is 0.148. The number of fused-ring (bicyclic) bond motifs is 2. The molecule has 1 aliphatic heterocycles. The maximum atomic E-state index is 13.4. The molecule has 1 aromatic heterocycles. The van der Waals surface area contributed by atoms with Gasteiger partial charge < -0.3 is 14.7 Å². The third-order valence-electron chi connectivity index (χ3n) is 5.97. The molecule has 0 fully saturated rings. The Kier molecular flexibility index (Phi) is 5.45. The molecule has 1 N–H and O–H groups in total. The maximum absolute atomic E-state index is 13.4. The molecule has 1 amide bonds. The summed E-state index contributed by atoms with van der Waals surface area (Å²) in [5.74, 6) is -1.36. The van der Waals surface area contributed by atoms with Crippen LogP contribution in [-0.2, 0) is 17.8 Å². The average molecular weight is 456 g/mol. The first-order valence-corrected chi connectivity index (χ1v) is 10.9. The zero-order valence-electron chi connectivity index (χ0n) is 18.4. The molecule has 0 radical (unpaired) electrons. The van der Waals surface area contributed by atoms with Gasteiger partial charge in [0.25, 0.3) is 5.91 Å². The van der Waals surface area contributed by atoms with E-state index in [9.17, 15) is 19.1 Å². The van der Waals surface area contributed by atoms with E-state index in [-0.39, 0.29) is 48.3 Å². The van der Waals surface area contributed by atoms with Crippen LogP contribution in [0.5, 0.6) is 5.75 Å². The Bertz CT molecular complexity index is 1430. The summed E-state index contributed by atoms with van der Waals surface area (Å²) in [6, 6.07) is 16.6. The lowest BCUT2D eigenvalue weighted by atomic mass is 9.89. The monoisotopic (exact) mass is 456 g/mol. The molecule has 0 atom stereocenters. The van der Waals surface area contributed by atoms with E-state index < -0.39 is 5.97 Å². The van der Waals surface area contributed by atoms with Crippen LogP contribution in [0.25, 0.3) is 22.0 Å². The van der Waals surface area contributed by atoms with Gasteiger partial charge in [0.2, 0.25) is 0 Å². The SMILES string of the molecule is CCOC(=O)c1ccccc1-c1c2c(c(O)c3ncccc13)C(=O)N(Cc1ccc(F)cc1)C2. The van der Waals surface area contributed by atoms with Crippen LogP contribution in [0.15, 0.2) is 66.9 Å². The number of pyridine rings is 1. The summed E-state index contributed by atoms with van der Waals surface area (Å²) < 4.78 is 18.6. The highest BCUT2D eigenvalue weighted by Gasteiger charge is 2.36. The molecule has 0 unspecified atom stereocenters. The van der Waals surface area contributed by atoms with Gasteiger partial charge in [0, 0.05) is 24.7 Å². The van der Waals surface area contributed by atoms with E-state index in [2.05, 4.69) is 4.98 Å². The standard InChI is InChI=1S/C27H21FN2O4/c1-2-34-27(33)19-7-4-3-6-18(19)22-20-8-5-13-29-24(20)25(31)23-21(22)15-30(26(23)32)14-16-9-11-17(28)12-10-16/h3-13,31H,2,14-15H2,1H3. The van der Waals surface area contributed by atoms with Gasteiger partial charge in [0.15, 0.2) is 5.75 Å². The minimum Gasteiger partial charge on any atom is -0.505 e. The van der Waals surface area contributed by atoms with Crippen molar-refractivity contribution < 1.29 is 23.8 Å². The Hall–Kier alpha value is -4.26. The van der Waals surface area contributed by atoms with Gasteiger partial charge in [-0.3, -0.25) is 9.78 Å². The van der Waals surface area contributed by atoms with E-state index in [1.54, 1.807) is 54.4 Å². The Morgan fingerprint density at radius 3 is 2.62 bits per heavy atom. The fourth-order valence-corrected chi connectivity index (χ4v) is 4.49. The van der Waals surface area contributed by atoms with Crippen LogP contribution in [0.1, 0.15) is 38.8 Å². The smallest absolute Gasteiger partial charge is 0.338 e. The van der Waals surface area contributed by atoms with Crippen molar-refractivity contribution in [1.82, 2.24) is 9.88 Å². The highest BCUT2D eigenvalue weighted by Crippen LogP contribution is 2.45. The van der Waals surface area contributed by atoms with Crippen molar-refractivity contribution in [3.63, 3.8) is 0 Å². The number of rotatable bonds is 5. The van der Waals surface area contributed by atoms with Gasteiger partial charge in [0.05, 0.1) is 17.7 Å². The van der Waals surface area contributed by atoms with Gasteiger partial charge in [-0.25, -0.2) is 9.18 Å². The van der Waals surface area contributed by atoms with E-state index in [1.807, 2.05) is 12.1 Å². The van der Waals surface area contributed by atoms with E-state index >= 15 is 0 Å². The predicted octanol–water partition coefficient (Wildman–Crippen LogP) is 5.08. The maximum Gasteiger partial charge on any atom is 0.338 e. The third-order valence-corrected chi connectivity index (χ3v) is 5.97. The van der Waals surface area contributed by atoms with E-state index in [0.717, 1.165) is 5.56 Å². The molecule has 0 saturated heterocycles. The van der Waals surface area contributed by atoms with Crippen molar-refractivity contribution >= 4 is 22.8 Å². The Balaban J connectivity index is 1.71. The Morgan fingerprint density at radius 1 is 1.09 bits per heavy atom. The number of amides is 1. The summed E-state index contributed by atoms with van der Waals surface area (Å²) in [4.78, 5) is 32.1. The lowest BCUT2D eigenvalue weighted by Gasteiger charge is -2.17. The number of hydrogen-bond acceptors (Lipinski definition) is 5. The molecule has 1 aliphatic rings. The van der Waals surface area contributed by atoms with Crippen LogP contribution in [0.3, 0.4) is 0 Å². The number of ether oxygens (including phenoxy) is 1. The lowest BCUT2D eigenvalue weighted by Crippen LogP contribution is -2.23. The molecular formula is C27H21FN2O4. The first kappa shape index (κ1) is 21.6. The van der Waals surface area contributed by atoms with Crippen molar-refractivity contribution in [1.29, 1.82) is 0 Å². The Labute approximate surface area is 195 Å². The van der Waals surface area contributed by atoms with Gasteiger partial charge in [0.1, 0.15) is 11.3 Å². The minimum atomic E-state index is -0.468. The van der Waals surface area contributed by atoms with Gasteiger partial charge in [-0.15, -0.1) is 0 Å². The zero-order chi connectivity index (χ0) is 23.8. The van der Waals surface area contributed by atoms with Crippen LogP contribution in [-0.4, -0.2) is 33.5 Å². The summed E-state index contributed by atoms with van der Waals surface area (Å²) in [6.45, 7) is 2.43. The number of phenolic OH excluding ortho intramolecular Hbond substituents is 1. The Morgan fingerprint density at radius 2 is 1.85 bits per heavy atom. The molecule has 0 spiro atoms. The molecule has 34 heavy (non-hydrogen) atoms. The number of esters is 1. The molecule has 3 aromatic carbocycles. The quantitative estimate of drug-likeness (QED) is 0.424. The number of phenols is 1. The first-order valence-electron chi connectivity index (χ1n) is 10.9. The van der Waals surface area contributed by atoms with Crippen molar-refractivity contribution in [2.45, 2.75) is 20.0 Å². The fourth-order valence-electron chi connectivity index (χ4n) is 4.49.